The van der Waals surface area contributed by atoms with E-state index in [4.69, 9.17) is 0 Å². The Morgan fingerprint density at radius 2 is 2.10 bits per heavy atom. The summed E-state index contributed by atoms with van der Waals surface area (Å²) < 4.78 is 4.46. The van der Waals surface area contributed by atoms with Crippen molar-refractivity contribution in [3.63, 3.8) is 0 Å². The zero-order valence-corrected chi connectivity index (χ0v) is 17.4. The van der Waals surface area contributed by atoms with Gasteiger partial charge in [-0.05, 0) is 67.2 Å². The van der Waals surface area contributed by atoms with Crippen LogP contribution in [0, 0.1) is 11.3 Å². The fourth-order valence-electron chi connectivity index (χ4n) is 5.06. The molecule has 3 saturated carbocycles. The zero-order chi connectivity index (χ0) is 20.1. The molecule has 0 unspecified atom stereocenters. The molecule has 3 aromatic rings. The molecule has 3 aliphatic carbocycles. The van der Waals surface area contributed by atoms with Gasteiger partial charge in [0.15, 0.2) is 11.6 Å². The standard InChI is InChI=1S/C22H22N6OS/c29-18-4-2-8-28(18)17-3-1-7-23-20(17)26-21-25-19(27-30-21)16-6-5-14(13-24-16)9-22-10-15(11-22)12-22/h1,3,5-7,13,15H,2,4,8-12H2,(H,23,25,26,27). The highest BCUT2D eigenvalue weighted by atomic mass is 32.1. The average molecular weight is 419 g/mol. The number of hydrogen-bond donors (Lipinski definition) is 1. The topological polar surface area (TPSA) is 83.9 Å². The van der Waals surface area contributed by atoms with Crippen molar-refractivity contribution in [1.29, 1.82) is 0 Å². The van der Waals surface area contributed by atoms with Crippen molar-refractivity contribution >= 4 is 34.1 Å². The van der Waals surface area contributed by atoms with E-state index >= 15 is 0 Å². The zero-order valence-electron chi connectivity index (χ0n) is 16.5. The minimum atomic E-state index is 0.132. The molecule has 3 aromatic heterocycles. The SMILES string of the molecule is O=C1CCCN1c1cccnc1Nc1nc(-c2ccc(CC34CC(C3)C4)cn2)ns1. The summed E-state index contributed by atoms with van der Waals surface area (Å²) in [6.07, 6.45) is 10.5. The highest BCUT2D eigenvalue weighted by Crippen LogP contribution is 2.65. The van der Waals surface area contributed by atoms with Crippen LogP contribution in [0.25, 0.3) is 11.5 Å². The van der Waals surface area contributed by atoms with Gasteiger partial charge in [-0.3, -0.25) is 9.78 Å². The van der Waals surface area contributed by atoms with Gasteiger partial charge >= 0.3 is 0 Å². The number of carbonyl (C=O) groups is 1. The third-order valence-corrected chi connectivity index (χ3v) is 7.23. The number of nitrogens with zero attached hydrogens (tertiary/aromatic N) is 5. The summed E-state index contributed by atoms with van der Waals surface area (Å²) in [5.41, 5.74) is 3.45. The summed E-state index contributed by atoms with van der Waals surface area (Å²) in [5.74, 6) is 2.37. The summed E-state index contributed by atoms with van der Waals surface area (Å²) in [7, 11) is 0. The van der Waals surface area contributed by atoms with Crippen LogP contribution in [0.1, 0.15) is 37.7 Å². The van der Waals surface area contributed by atoms with E-state index in [1.54, 1.807) is 11.1 Å². The molecule has 2 bridgehead atoms. The predicted octanol–water partition coefficient (Wildman–Crippen LogP) is 4.21. The minimum Gasteiger partial charge on any atom is -0.313 e. The molecule has 4 fully saturated rings. The number of amides is 1. The quantitative estimate of drug-likeness (QED) is 0.646. The van der Waals surface area contributed by atoms with Crippen LogP contribution >= 0.6 is 11.5 Å². The lowest BCUT2D eigenvalue weighted by atomic mass is 9.43. The maximum absolute atomic E-state index is 12.1. The molecular formula is C22H22N6OS. The smallest absolute Gasteiger partial charge is 0.227 e. The van der Waals surface area contributed by atoms with Gasteiger partial charge in [-0.1, -0.05) is 6.07 Å². The van der Waals surface area contributed by atoms with Crippen molar-refractivity contribution in [2.75, 3.05) is 16.8 Å². The first-order chi connectivity index (χ1) is 14.7. The van der Waals surface area contributed by atoms with E-state index in [1.165, 1.54) is 36.4 Å². The van der Waals surface area contributed by atoms with Gasteiger partial charge in [0.1, 0.15) is 5.69 Å². The van der Waals surface area contributed by atoms with Crippen molar-refractivity contribution in [3.8, 4) is 11.5 Å². The highest BCUT2D eigenvalue weighted by molar-refractivity contribution is 7.09. The van der Waals surface area contributed by atoms with Crippen LogP contribution in [0.5, 0.6) is 0 Å². The highest BCUT2D eigenvalue weighted by Gasteiger charge is 2.55. The van der Waals surface area contributed by atoms with Crippen LogP contribution in [0.4, 0.5) is 16.6 Å². The summed E-state index contributed by atoms with van der Waals surface area (Å²) in [6, 6.07) is 7.93. The maximum Gasteiger partial charge on any atom is 0.227 e. The van der Waals surface area contributed by atoms with Gasteiger partial charge in [0.25, 0.3) is 0 Å². The largest absolute Gasteiger partial charge is 0.313 e. The fraction of sp³-hybridized carbons (Fsp3) is 0.409. The van der Waals surface area contributed by atoms with Crippen molar-refractivity contribution in [1.82, 2.24) is 19.3 Å². The predicted molar refractivity (Wildman–Crippen MR) is 116 cm³/mol. The van der Waals surface area contributed by atoms with E-state index in [-0.39, 0.29) is 5.91 Å². The second-order valence-electron chi connectivity index (χ2n) is 8.78. The summed E-state index contributed by atoms with van der Waals surface area (Å²) >= 11 is 1.27. The number of hydrogen-bond acceptors (Lipinski definition) is 7. The van der Waals surface area contributed by atoms with E-state index in [1.807, 2.05) is 24.4 Å². The normalized spacial score (nSPS) is 24.5. The number of aromatic nitrogens is 4. The number of carbonyl (C=O) groups excluding carboxylic acids is 1. The van der Waals surface area contributed by atoms with E-state index in [0.29, 0.717) is 28.6 Å². The van der Waals surface area contributed by atoms with Gasteiger partial charge in [0, 0.05) is 36.9 Å². The number of pyridine rings is 2. The van der Waals surface area contributed by atoms with Gasteiger partial charge < -0.3 is 10.2 Å². The first kappa shape index (κ1) is 17.9. The Hall–Kier alpha value is -2.87. The van der Waals surface area contributed by atoms with Gasteiger partial charge in [0.05, 0.1) is 5.69 Å². The fourth-order valence-corrected chi connectivity index (χ4v) is 5.64. The van der Waals surface area contributed by atoms with Crippen molar-refractivity contribution in [2.24, 2.45) is 11.3 Å². The molecule has 7 rings (SSSR count). The molecule has 0 radical (unpaired) electrons. The molecule has 152 valence electrons. The number of rotatable bonds is 6. The number of nitrogens with one attached hydrogen (secondary N) is 1. The van der Waals surface area contributed by atoms with Crippen LogP contribution in [0.3, 0.4) is 0 Å². The average Bonchev–Trinajstić information content (AvgIpc) is 3.34. The Labute approximate surface area is 178 Å². The Bertz CT molecular complexity index is 1090. The summed E-state index contributed by atoms with van der Waals surface area (Å²) in [4.78, 5) is 27.5. The lowest BCUT2D eigenvalue weighted by molar-refractivity contribution is -0.117. The van der Waals surface area contributed by atoms with E-state index in [9.17, 15) is 4.79 Å². The Morgan fingerprint density at radius 3 is 2.80 bits per heavy atom. The van der Waals surface area contributed by atoms with Crippen molar-refractivity contribution < 1.29 is 4.79 Å². The maximum atomic E-state index is 12.1. The molecule has 4 aliphatic rings. The first-order valence-corrected chi connectivity index (χ1v) is 11.3. The summed E-state index contributed by atoms with van der Waals surface area (Å²) in [6.45, 7) is 0.721. The van der Waals surface area contributed by atoms with Crippen molar-refractivity contribution in [2.45, 2.75) is 38.5 Å². The van der Waals surface area contributed by atoms with Crippen LogP contribution in [-0.4, -0.2) is 31.8 Å². The monoisotopic (exact) mass is 418 g/mol. The van der Waals surface area contributed by atoms with Crippen LogP contribution in [-0.2, 0) is 11.2 Å². The Kier molecular flexibility index (Phi) is 4.09. The molecule has 0 spiro atoms. The third kappa shape index (κ3) is 3.06. The molecule has 1 N–H and O–H groups in total. The van der Waals surface area contributed by atoms with Crippen LogP contribution in [0.15, 0.2) is 36.7 Å². The van der Waals surface area contributed by atoms with E-state index in [0.717, 1.165) is 36.7 Å². The summed E-state index contributed by atoms with van der Waals surface area (Å²) in [5, 5.41) is 3.87. The lowest BCUT2D eigenvalue weighted by Gasteiger charge is -2.62. The minimum absolute atomic E-state index is 0.132. The molecule has 1 aliphatic heterocycles. The molecular weight excluding hydrogens is 396 g/mol. The molecule has 30 heavy (non-hydrogen) atoms. The van der Waals surface area contributed by atoms with Crippen LogP contribution in [0.2, 0.25) is 0 Å². The molecule has 4 heterocycles. The molecule has 0 aromatic carbocycles. The molecule has 7 nitrogen and oxygen atoms in total. The van der Waals surface area contributed by atoms with Gasteiger partial charge in [-0.2, -0.15) is 9.36 Å². The van der Waals surface area contributed by atoms with Gasteiger partial charge in [-0.15, -0.1) is 0 Å². The van der Waals surface area contributed by atoms with Crippen LogP contribution < -0.4 is 10.2 Å². The second kappa shape index (κ2) is 6.84. The Morgan fingerprint density at radius 1 is 1.20 bits per heavy atom. The van der Waals surface area contributed by atoms with E-state index in [2.05, 4.69) is 30.7 Å². The third-order valence-electron chi connectivity index (χ3n) is 6.60. The van der Waals surface area contributed by atoms with E-state index < -0.39 is 0 Å². The Balaban J connectivity index is 1.18. The van der Waals surface area contributed by atoms with Gasteiger partial charge in [-0.25, -0.2) is 4.98 Å². The first-order valence-electron chi connectivity index (χ1n) is 10.5. The van der Waals surface area contributed by atoms with Crippen molar-refractivity contribution in [3.05, 3.63) is 42.2 Å². The number of anilines is 3. The lowest BCUT2D eigenvalue weighted by Crippen LogP contribution is -2.52. The molecule has 1 saturated heterocycles. The second-order valence-corrected chi connectivity index (χ2v) is 9.53. The molecule has 8 heteroatoms. The molecule has 0 atom stereocenters. The molecule has 1 amide bonds. The van der Waals surface area contributed by atoms with Gasteiger partial charge in [0.2, 0.25) is 11.0 Å².